The fraction of sp³-hybridized carbons (Fsp3) is 0.188. The minimum atomic E-state index is -0.346. The largest absolute Gasteiger partial charge is 0.497 e. The second kappa shape index (κ2) is 6.48. The van der Waals surface area contributed by atoms with Gasteiger partial charge in [-0.2, -0.15) is 0 Å². The van der Waals surface area contributed by atoms with Gasteiger partial charge in [0.05, 0.1) is 12.7 Å². The lowest BCUT2D eigenvalue weighted by molar-refractivity contribution is 0.0338. The topological polar surface area (TPSA) is 35.5 Å². The van der Waals surface area contributed by atoms with Crippen molar-refractivity contribution in [3.8, 4) is 5.75 Å². The SMILES string of the molecule is COc1ccc(C(C)OC(=O)c2ccc(S)cc2)cc1. The molecule has 0 aliphatic carbocycles. The molecule has 0 aliphatic rings. The first-order valence-corrected chi connectivity index (χ1v) is 6.69. The Morgan fingerprint density at radius 2 is 1.65 bits per heavy atom. The van der Waals surface area contributed by atoms with Crippen molar-refractivity contribution in [2.24, 2.45) is 0 Å². The van der Waals surface area contributed by atoms with Gasteiger partial charge in [-0.3, -0.25) is 0 Å². The van der Waals surface area contributed by atoms with Gasteiger partial charge in [-0.25, -0.2) is 4.79 Å². The van der Waals surface area contributed by atoms with Gasteiger partial charge >= 0.3 is 5.97 Å². The average molecular weight is 288 g/mol. The molecule has 2 rings (SSSR count). The van der Waals surface area contributed by atoms with E-state index < -0.39 is 0 Å². The van der Waals surface area contributed by atoms with E-state index in [9.17, 15) is 4.79 Å². The Balaban J connectivity index is 2.04. The molecule has 4 heteroatoms. The number of hydrogen-bond acceptors (Lipinski definition) is 4. The van der Waals surface area contributed by atoms with E-state index in [2.05, 4.69) is 12.6 Å². The molecule has 2 aromatic rings. The summed E-state index contributed by atoms with van der Waals surface area (Å²) in [6, 6.07) is 14.4. The molecule has 3 nitrogen and oxygen atoms in total. The fourth-order valence-corrected chi connectivity index (χ4v) is 1.92. The summed E-state index contributed by atoms with van der Waals surface area (Å²) in [5.41, 5.74) is 1.44. The maximum absolute atomic E-state index is 12.0. The fourth-order valence-electron chi connectivity index (χ4n) is 1.77. The van der Waals surface area contributed by atoms with E-state index in [1.807, 2.05) is 31.2 Å². The highest BCUT2D eigenvalue weighted by Crippen LogP contribution is 2.21. The summed E-state index contributed by atoms with van der Waals surface area (Å²) in [6.45, 7) is 1.84. The Morgan fingerprint density at radius 1 is 1.05 bits per heavy atom. The second-order valence-electron chi connectivity index (χ2n) is 4.37. The maximum Gasteiger partial charge on any atom is 0.338 e. The maximum atomic E-state index is 12.0. The summed E-state index contributed by atoms with van der Waals surface area (Å²) in [5.74, 6) is 0.429. The van der Waals surface area contributed by atoms with Gasteiger partial charge in [0.2, 0.25) is 0 Å². The molecule has 0 fully saturated rings. The van der Waals surface area contributed by atoms with Crippen LogP contribution >= 0.6 is 12.6 Å². The third kappa shape index (κ3) is 3.54. The number of benzene rings is 2. The number of thiol groups is 1. The Labute approximate surface area is 123 Å². The van der Waals surface area contributed by atoms with Gasteiger partial charge in [0.1, 0.15) is 11.9 Å². The predicted octanol–water partition coefficient (Wildman–Crippen LogP) is 3.90. The van der Waals surface area contributed by atoms with Crippen LogP contribution in [0.1, 0.15) is 28.9 Å². The Bertz CT molecular complexity index is 576. The molecule has 0 aromatic heterocycles. The molecule has 0 radical (unpaired) electrons. The lowest BCUT2D eigenvalue weighted by atomic mass is 10.1. The highest BCUT2D eigenvalue weighted by Gasteiger charge is 2.13. The molecule has 0 bridgehead atoms. The first kappa shape index (κ1) is 14.5. The predicted molar refractivity (Wildman–Crippen MR) is 80.5 cm³/mol. The van der Waals surface area contributed by atoms with E-state index in [1.165, 1.54) is 0 Å². The van der Waals surface area contributed by atoms with Crippen LogP contribution in [-0.2, 0) is 4.74 Å². The zero-order chi connectivity index (χ0) is 14.5. The quantitative estimate of drug-likeness (QED) is 0.684. The molecule has 0 aliphatic heterocycles. The van der Waals surface area contributed by atoms with Crippen molar-refractivity contribution in [1.82, 2.24) is 0 Å². The minimum Gasteiger partial charge on any atom is -0.497 e. The molecule has 0 N–H and O–H groups in total. The van der Waals surface area contributed by atoms with Crippen LogP contribution in [0.3, 0.4) is 0 Å². The van der Waals surface area contributed by atoms with Crippen LogP contribution in [0.15, 0.2) is 53.4 Å². The molecule has 0 spiro atoms. The zero-order valence-electron chi connectivity index (χ0n) is 11.4. The highest BCUT2D eigenvalue weighted by molar-refractivity contribution is 7.80. The Hall–Kier alpha value is -1.94. The van der Waals surface area contributed by atoms with E-state index in [0.29, 0.717) is 5.56 Å². The van der Waals surface area contributed by atoms with Gasteiger partial charge in [0.15, 0.2) is 0 Å². The first-order chi connectivity index (χ1) is 9.60. The number of esters is 1. The molecular weight excluding hydrogens is 272 g/mol. The molecule has 0 saturated heterocycles. The van der Waals surface area contributed by atoms with E-state index in [4.69, 9.17) is 9.47 Å². The van der Waals surface area contributed by atoms with E-state index >= 15 is 0 Å². The van der Waals surface area contributed by atoms with Crippen molar-refractivity contribution in [1.29, 1.82) is 0 Å². The summed E-state index contributed by atoms with van der Waals surface area (Å²) in [6.07, 6.45) is -0.316. The highest BCUT2D eigenvalue weighted by atomic mass is 32.1. The minimum absolute atomic E-state index is 0.316. The summed E-state index contributed by atoms with van der Waals surface area (Å²) in [4.78, 5) is 12.8. The van der Waals surface area contributed by atoms with E-state index in [1.54, 1.807) is 31.4 Å². The molecule has 20 heavy (non-hydrogen) atoms. The number of ether oxygens (including phenoxy) is 2. The number of methoxy groups -OCH3 is 1. The smallest absolute Gasteiger partial charge is 0.338 e. The lowest BCUT2D eigenvalue weighted by Gasteiger charge is -2.14. The molecule has 0 amide bonds. The summed E-state index contributed by atoms with van der Waals surface area (Å²) >= 11 is 4.18. The number of rotatable bonds is 4. The first-order valence-electron chi connectivity index (χ1n) is 6.24. The van der Waals surface area contributed by atoms with Crippen molar-refractivity contribution < 1.29 is 14.3 Å². The molecular formula is C16H16O3S. The van der Waals surface area contributed by atoms with Crippen LogP contribution in [0.5, 0.6) is 5.75 Å². The summed E-state index contributed by atoms with van der Waals surface area (Å²) < 4.78 is 10.5. The summed E-state index contributed by atoms with van der Waals surface area (Å²) in [5, 5.41) is 0. The molecule has 1 atom stereocenters. The van der Waals surface area contributed by atoms with Crippen LogP contribution in [0, 0.1) is 0 Å². The van der Waals surface area contributed by atoms with Crippen LogP contribution in [0.2, 0.25) is 0 Å². The third-order valence-corrected chi connectivity index (χ3v) is 3.27. The van der Waals surface area contributed by atoms with Gasteiger partial charge in [-0.05, 0) is 48.9 Å². The zero-order valence-corrected chi connectivity index (χ0v) is 12.3. The van der Waals surface area contributed by atoms with Crippen molar-refractivity contribution in [3.63, 3.8) is 0 Å². The van der Waals surface area contributed by atoms with Gasteiger partial charge in [0, 0.05) is 4.90 Å². The van der Waals surface area contributed by atoms with Crippen molar-refractivity contribution in [2.45, 2.75) is 17.9 Å². The van der Waals surface area contributed by atoms with Crippen molar-refractivity contribution in [2.75, 3.05) is 7.11 Å². The standard InChI is InChI=1S/C16H16O3S/c1-11(12-3-7-14(18-2)8-4-12)19-16(17)13-5-9-15(20)10-6-13/h3-11,20H,1-2H3. The van der Waals surface area contributed by atoms with Crippen LogP contribution in [0.4, 0.5) is 0 Å². The van der Waals surface area contributed by atoms with E-state index in [0.717, 1.165) is 16.2 Å². The number of carbonyl (C=O) groups excluding carboxylic acids is 1. The lowest BCUT2D eigenvalue weighted by Crippen LogP contribution is -2.09. The second-order valence-corrected chi connectivity index (χ2v) is 4.88. The van der Waals surface area contributed by atoms with E-state index in [-0.39, 0.29) is 12.1 Å². The van der Waals surface area contributed by atoms with Crippen LogP contribution in [0.25, 0.3) is 0 Å². The normalized spacial score (nSPS) is 11.8. The third-order valence-electron chi connectivity index (χ3n) is 2.97. The van der Waals surface area contributed by atoms with Crippen molar-refractivity contribution >= 4 is 18.6 Å². The van der Waals surface area contributed by atoms with Crippen LogP contribution < -0.4 is 4.74 Å². The summed E-state index contributed by atoms with van der Waals surface area (Å²) in [7, 11) is 1.61. The molecule has 0 heterocycles. The molecule has 2 aromatic carbocycles. The molecule has 1 unspecified atom stereocenters. The Morgan fingerprint density at radius 3 is 2.20 bits per heavy atom. The number of hydrogen-bond donors (Lipinski definition) is 1. The van der Waals surface area contributed by atoms with Crippen LogP contribution in [-0.4, -0.2) is 13.1 Å². The van der Waals surface area contributed by atoms with Gasteiger partial charge < -0.3 is 9.47 Å². The number of carbonyl (C=O) groups is 1. The average Bonchev–Trinajstić information content (AvgIpc) is 2.48. The Kier molecular flexibility index (Phi) is 4.69. The van der Waals surface area contributed by atoms with Gasteiger partial charge in [0.25, 0.3) is 0 Å². The monoisotopic (exact) mass is 288 g/mol. The molecule has 0 saturated carbocycles. The molecule has 104 valence electrons. The van der Waals surface area contributed by atoms with Gasteiger partial charge in [-0.1, -0.05) is 12.1 Å². The van der Waals surface area contributed by atoms with Gasteiger partial charge in [-0.15, -0.1) is 12.6 Å². The van der Waals surface area contributed by atoms with Crippen molar-refractivity contribution in [3.05, 3.63) is 59.7 Å².